The molecule has 0 radical (unpaired) electrons. The minimum absolute atomic E-state index is 0.503. The quantitative estimate of drug-likeness (QED) is 0.315. The van der Waals surface area contributed by atoms with Gasteiger partial charge in [-0.1, -0.05) is 29.4 Å². The first-order chi connectivity index (χ1) is 15.2. The van der Waals surface area contributed by atoms with Gasteiger partial charge in [0.2, 0.25) is 0 Å². The molecule has 31 heavy (non-hydrogen) atoms. The van der Waals surface area contributed by atoms with Crippen molar-refractivity contribution in [1.29, 1.82) is 5.26 Å². The number of hydrogen-bond donors (Lipinski definition) is 0. The van der Waals surface area contributed by atoms with Crippen LogP contribution in [0.15, 0.2) is 82.8 Å². The molecule has 0 atom stereocenters. The van der Waals surface area contributed by atoms with E-state index < -0.39 is 0 Å². The standard InChI is InChI=1S/C23H16ClN5OS/c24-18-8-6-16(7-9-18)22-26-27-23(29(22)14-19-4-3-11-30-19)31-15-17-13-28-10-2-1-5-21(28)20(17)12-25/h1-11,13H,14-15H2. The van der Waals surface area contributed by atoms with E-state index in [9.17, 15) is 5.26 Å². The van der Waals surface area contributed by atoms with Gasteiger partial charge in [0, 0.05) is 28.7 Å². The third-order valence-electron chi connectivity index (χ3n) is 4.94. The molecule has 0 aliphatic heterocycles. The number of furan rings is 1. The monoisotopic (exact) mass is 445 g/mol. The van der Waals surface area contributed by atoms with Gasteiger partial charge in [-0.2, -0.15) is 5.26 Å². The predicted octanol–water partition coefficient (Wildman–Crippen LogP) is 5.66. The average molecular weight is 446 g/mol. The van der Waals surface area contributed by atoms with E-state index in [-0.39, 0.29) is 0 Å². The van der Waals surface area contributed by atoms with Crippen molar-refractivity contribution < 1.29 is 4.42 Å². The Morgan fingerprint density at radius 1 is 1.06 bits per heavy atom. The van der Waals surface area contributed by atoms with Gasteiger partial charge < -0.3 is 8.82 Å². The molecular formula is C23H16ClN5OS. The highest BCUT2D eigenvalue weighted by atomic mass is 35.5. The van der Waals surface area contributed by atoms with Crippen LogP contribution in [0.25, 0.3) is 16.9 Å². The van der Waals surface area contributed by atoms with Crippen LogP contribution in [0.2, 0.25) is 5.02 Å². The molecule has 6 nitrogen and oxygen atoms in total. The Balaban J connectivity index is 1.49. The highest BCUT2D eigenvalue weighted by Crippen LogP contribution is 2.30. The van der Waals surface area contributed by atoms with E-state index in [0.717, 1.165) is 33.4 Å². The van der Waals surface area contributed by atoms with Crippen LogP contribution in [0.4, 0.5) is 0 Å². The fraction of sp³-hybridized carbons (Fsp3) is 0.0870. The molecule has 4 aromatic heterocycles. The van der Waals surface area contributed by atoms with E-state index in [2.05, 4.69) is 16.3 Å². The van der Waals surface area contributed by atoms with Crippen LogP contribution >= 0.6 is 23.4 Å². The normalized spacial score (nSPS) is 11.1. The summed E-state index contributed by atoms with van der Waals surface area (Å²) >= 11 is 7.59. The van der Waals surface area contributed by atoms with Crippen LogP contribution in [0.3, 0.4) is 0 Å². The molecule has 152 valence electrons. The lowest BCUT2D eigenvalue weighted by molar-refractivity contribution is 0.485. The van der Waals surface area contributed by atoms with E-state index in [1.165, 1.54) is 0 Å². The molecule has 0 saturated heterocycles. The van der Waals surface area contributed by atoms with E-state index in [0.29, 0.717) is 22.9 Å². The first kappa shape index (κ1) is 19.5. The largest absolute Gasteiger partial charge is 0.467 e. The minimum atomic E-state index is 0.503. The summed E-state index contributed by atoms with van der Waals surface area (Å²) in [7, 11) is 0. The van der Waals surface area contributed by atoms with Gasteiger partial charge in [-0.05, 0) is 54.1 Å². The van der Waals surface area contributed by atoms with Crippen molar-refractivity contribution in [2.45, 2.75) is 17.5 Å². The van der Waals surface area contributed by atoms with Crippen molar-refractivity contribution in [2.24, 2.45) is 0 Å². The number of halogens is 1. The van der Waals surface area contributed by atoms with E-state index in [4.69, 9.17) is 16.0 Å². The molecule has 0 fully saturated rings. The number of nitriles is 1. The van der Waals surface area contributed by atoms with Crippen LogP contribution in [-0.2, 0) is 12.3 Å². The zero-order chi connectivity index (χ0) is 21.2. The lowest BCUT2D eigenvalue weighted by Crippen LogP contribution is -2.03. The summed E-state index contributed by atoms with van der Waals surface area (Å²) in [5, 5.41) is 20.0. The Bertz CT molecular complexity index is 1380. The smallest absolute Gasteiger partial charge is 0.192 e. The average Bonchev–Trinajstić information content (AvgIpc) is 3.52. The SMILES string of the molecule is N#Cc1c(CSc2nnc(-c3ccc(Cl)cc3)n2Cc2ccco2)cn2ccccc12. The second kappa shape index (κ2) is 8.34. The van der Waals surface area contributed by atoms with E-state index >= 15 is 0 Å². The summed E-state index contributed by atoms with van der Waals surface area (Å²) < 4.78 is 9.55. The molecule has 4 heterocycles. The number of hydrogen-bond acceptors (Lipinski definition) is 5. The Labute approximate surface area is 187 Å². The summed E-state index contributed by atoms with van der Waals surface area (Å²) in [5.41, 5.74) is 3.46. The zero-order valence-corrected chi connectivity index (χ0v) is 17.8. The maximum Gasteiger partial charge on any atom is 0.192 e. The molecule has 0 bridgehead atoms. The first-order valence-corrected chi connectivity index (χ1v) is 10.9. The number of benzene rings is 1. The molecule has 0 spiro atoms. The van der Waals surface area contributed by atoms with Crippen LogP contribution in [0.5, 0.6) is 0 Å². The summed E-state index contributed by atoms with van der Waals surface area (Å²) in [6.07, 6.45) is 5.59. The summed E-state index contributed by atoms with van der Waals surface area (Å²) in [6.45, 7) is 0.503. The molecule has 5 aromatic rings. The third kappa shape index (κ3) is 3.83. The second-order valence-electron chi connectivity index (χ2n) is 6.90. The molecular weight excluding hydrogens is 430 g/mol. The molecule has 0 aliphatic rings. The number of thioether (sulfide) groups is 1. The maximum atomic E-state index is 9.67. The minimum Gasteiger partial charge on any atom is -0.467 e. The van der Waals surface area contributed by atoms with Gasteiger partial charge in [0.15, 0.2) is 11.0 Å². The van der Waals surface area contributed by atoms with Gasteiger partial charge >= 0.3 is 0 Å². The number of rotatable bonds is 6. The Kier molecular flexibility index (Phi) is 5.24. The highest BCUT2D eigenvalue weighted by molar-refractivity contribution is 7.98. The van der Waals surface area contributed by atoms with Gasteiger partial charge in [0.25, 0.3) is 0 Å². The Morgan fingerprint density at radius 3 is 2.71 bits per heavy atom. The molecule has 0 unspecified atom stereocenters. The predicted molar refractivity (Wildman–Crippen MR) is 120 cm³/mol. The van der Waals surface area contributed by atoms with Crippen LogP contribution in [0, 0.1) is 11.3 Å². The molecule has 0 N–H and O–H groups in total. The number of pyridine rings is 1. The topological polar surface area (TPSA) is 72.0 Å². The van der Waals surface area contributed by atoms with Crippen LogP contribution in [-0.4, -0.2) is 19.2 Å². The first-order valence-electron chi connectivity index (χ1n) is 9.56. The molecule has 0 saturated carbocycles. The van der Waals surface area contributed by atoms with Crippen molar-refractivity contribution in [3.8, 4) is 17.5 Å². The summed E-state index contributed by atoms with van der Waals surface area (Å²) in [5.74, 6) is 2.14. The molecule has 8 heteroatoms. The van der Waals surface area contributed by atoms with E-state index in [1.807, 2.05) is 76.0 Å². The Hall–Kier alpha value is -3.47. The van der Waals surface area contributed by atoms with Crippen LogP contribution in [0.1, 0.15) is 16.9 Å². The fourth-order valence-corrected chi connectivity index (χ4v) is 4.50. The fourth-order valence-electron chi connectivity index (χ4n) is 3.47. The van der Waals surface area contributed by atoms with Gasteiger partial charge in [0.05, 0.1) is 23.9 Å². The molecule has 0 aliphatic carbocycles. The van der Waals surface area contributed by atoms with Gasteiger partial charge in [0.1, 0.15) is 11.8 Å². The maximum absolute atomic E-state index is 9.67. The second-order valence-corrected chi connectivity index (χ2v) is 8.28. The van der Waals surface area contributed by atoms with Crippen LogP contribution < -0.4 is 0 Å². The molecule has 0 amide bonds. The van der Waals surface area contributed by atoms with Crippen molar-refractivity contribution in [3.63, 3.8) is 0 Å². The zero-order valence-electron chi connectivity index (χ0n) is 16.3. The van der Waals surface area contributed by atoms with Crippen molar-refractivity contribution in [1.82, 2.24) is 19.2 Å². The van der Waals surface area contributed by atoms with Crippen molar-refractivity contribution in [3.05, 3.63) is 95.2 Å². The summed E-state index contributed by atoms with van der Waals surface area (Å²) in [4.78, 5) is 0. The van der Waals surface area contributed by atoms with Crippen molar-refractivity contribution in [2.75, 3.05) is 0 Å². The number of aromatic nitrogens is 4. The summed E-state index contributed by atoms with van der Waals surface area (Å²) in [6, 6.07) is 19.5. The third-order valence-corrected chi connectivity index (χ3v) is 6.21. The van der Waals surface area contributed by atoms with Gasteiger partial charge in [-0.25, -0.2) is 0 Å². The lowest BCUT2D eigenvalue weighted by Gasteiger charge is -2.09. The Morgan fingerprint density at radius 2 is 1.94 bits per heavy atom. The van der Waals surface area contributed by atoms with Crippen molar-refractivity contribution >= 4 is 28.9 Å². The lowest BCUT2D eigenvalue weighted by atomic mass is 10.2. The van der Waals surface area contributed by atoms with Gasteiger partial charge in [-0.15, -0.1) is 10.2 Å². The van der Waals surface area contributed by atoms with Gasteiger partial charge in [-0.3, -0.25) is 4.57 Å². The van der Waals surface area contributed by atoms with E-state index in [1.54, 1.807) is 18.0 Å². The number of fused-ring (bicyclic) bond motifs is 1. The highest BCUT2D eigenvalue weighted by Gasteiger charge is 2.18. The molecule has 5 rings (SSSR count). The number of nitrogens with zero attached hydrogens (tertiary/aromatic N) is 5. The molecule has 1 aromatic carbocycles.